The van der Waals surface area contributed by atoms with Crippen molar-refractivity contribution in [3.05, 3.63) is 0 Å². The third kappa shape index (κ3) is 7.51. The van der Waals surface area contributed by atoms with E-state index < -0.39 is 18.2 Å². The molecule has 0 unspecified atom stereocenters. The number of likely N-dealkylation sites (tertiary alicyclic amines) is 1. The van der Waals surface area contributed by atoms with Crippen LogP contribution in [0.1, 0.15) is 40.0 Å². The van der Waals surface area contributed by atoms with Crippen LogP contribution in [-0.4, -0.2) is 55.7 Å². The van der Waals surface area contributed by atoms with Crippen LogP contribution in [0.15, 0.2) is 0 Å². The van der Waals surface area contributed by atoms with Gasteiger partial charge in [0.05, 0.1) is 0 Å². The summed E-state index contributed by atoms with van der Waals surface area (Å²) in [5, 5.41) is 2.72. The van der Waals surface area contributed by atoms with E-state index in [0.717, 1.165) is 0 Å². The Morgan fingerprint density at radius 3 is 2.25 bits per heavy atom. The summed E-state index contributed by atoms with van der Waals surface area (Å²) >= 11 is 0. The van der Waals surface area contributed by atoms with Gasteiger partial charge in [-0.2, -0.15) is 13.2 Å². The molecule has 1 aliphatic heterocycles. The molecule has 5 nitrogen and oxygen atoms in total. The molecule has 0 spiro atoms. The fourth-order valence-electron chi connectivity index (χ4n) is 2.54. The molecule has 0 saturated carbocycles. The quantitative estimate of drug-likeness (QED) is 0.747. The van der Waals surface area contributed by atoms with Crippen molar-refractivity contribution in [3.8, 4) is 0 Å². The van der Waals surface area contributed by atoms with Crippen LogP contribution < -0.4 is 5.32 Å². The average Bonchev–Trinajstić information content (AvgIpc) is 2.48. The zero-order valence-electron chi connectivity index (χ0n) is 14.5. The minimum Gasteiger partial charge on any atom is -0.372 e. The number of piperidine rings is 1. The van der Waals surface area contributed by atoms with Gasteiger partial charge in [0.25, 0.3) is 0 Å². The van der Waals surface area contributed by atoms with Gasteiger partial charge in [-0.25, -0.2) is 0 Å². The number of halogens is 3. The van der Waals surface area contributed by atoms with Gasteiger partial charge in [0, 0.05) is 37.6 Å². The molecule has 0 atom stereocenters. The highest BCUT2D eigenvalue weighted by Gasteiger charge is 2.32. The van der Waals surface area contributed by atoms with Crippen LogP contribution in [0, 0.1) is 11.3 Å². The molecule has 1 fully saturated rings. The Morgan fingerprint density at radius 1 is 1.17 bits per heavy atom. The Balaban J connectivity index is 2.19. The molecule has 0 radical (unpaired) electrons. The zero-order chi connectivity index (χ0) is 18.4. The first-order chi connectivity index (χ1) is 11.0. The van der Waals surface area contributed by atoms with Crippen LogP contribution in [0.3, 0.4) is 0 Å². The Kier molecular flexibility index (Phi) is 7.51. The van der Waals surface area contributed by atoms with Gasteiger partial charge in [-0.1, -0.05) is 20.8 Å². The van der Waals surface area contributed by atoms with Crippen molar-refractivity contribution < 1.29 is 27.5 Å². The van der Waals surface area contributed by atoms with Gasteiger partial charge in [0.15, 0.2) is 0 Å². The Labute approximate surface area is 140 Å². The largest absolute Gasteiger partial charge is 0.411 e. The fraction of sp³-hybridized carbons (Fsp3) is 0.875. The maximum Gasteiger partial charge on any atom is 0.411 e. The second-order valence-electron chi connectivity index (χ2n) is 7.13. The topological polar surface area (TPSA) is 58.6 Å². The Bertz CT molecular complexity index is 425. The summed E-state index contributed by atoms with van der Waals surface area (Å²) in [6.07, 6.45) is -2.76. The zero-order valence-corrected chi connectivity index (χ0v) is 14.5. The molecule has 0 aromatic heterocycles. The molecule has 1 rings (SSSR count). The molecule has 0 aromatic rings. The summed E-state index contributed by atoms with van der Waals surface area (Å²) in [4.78, 5) is 26.0. The maximum atomic E-state index is 12.2. The highest BCUT2D eigenvalue weighted by molar-refractivity contribution is 5.82. The molecular formula is C16H27F3N2O3. The highest BCUT2D eigenvalue weighted by Crippen LogP contribution is 2.23. The molecule has 140 valence electrons. The molecule has 1 heterocycles. The van der Waals surface area contributed by atoms with Crippen LogP contribution >= 0.6 is 0 Å². The third-order valence-corrected chi connectivity index (χ3v) is 3.82. The molecule has 0 bridgehead atoms. The smallest absolute Gasteiger partial charge is 0.372 e. The van der Waals surface area contributed by atoms with Crippen molar-refractivity contribution in [1.82, 2.24) is 10.2 Å². The van der Waals surface area contributed by atoms with E-state index >= 15 is 0 Å². The average molecular weight is 352 g/mol. The molecule has 8 heteroatoms. The molecular weight excluding hydrogens is 325 g/mol. The maximum absolute atomic E-state index is 12.2. The van der Waals surface area contributed by atoms with E-state index in [4.69, 9.17) is 0 Å². The van der Waals surface area contributed by atoms with E-state index in [1.807, 2.05) is 20.8 Å². The number of nitrogens with zero attached hydrogens (tertiary/aromatic N) is 1. The lowest BCUT2D eigenvalue weighted by atomic mass is 9.90. The number of rotatable bonds is 6. The van der Waals surface area contributed by atoms with Crippen LogP contribution in [-0.2, 0) is 14.3 Å². The summed E-state index contributed by atoms with van der Waals surface area (Å²) in [5.41, 5.74) is -0.425. The van der Waals surface area contributed by atoms with Crippen LogP contribution in [0.4, 0.5) is 13.2 Å². The summed E-state index contributed by atoms with van der Waals surface area (Å²) in [6.45, 7) is 5.71. The first kappa shape index (κ1) is 20.7. The van der Waals surface area contributed by atoms with Gasteiger partial charge < -0.3 is 15.0 Å². The fourth-order valence-corrected chi connectivity index (χ4v) is 2.54. The van der Waals surface area contributed by atoms with Crippen molar-refractivity contribution in [2.24, 2.45) is 11.3 Å². The minimum absolute atomic E-state index is 0.0433. The number of carbonyl (C=O) groups excluding carboxylic acids is 2. The Morgan fingerprint density at radius 2 is 1.75 bits per heavy atom. The first-order valence-corrected chi connectivity index (χ1v) is 8.22. The lowest BCUT2D eigenvalue weighted by Crippen LogP contribution is -2.46. The third-order valence-electron chi connectivity index (χ3n) is 3.82. The van der Waals surface area contributed by atoms with Gasteiger partial charge in [0.2, 0.25) is 11.8 Å². The molecule has 1 aliphatic rings. The molecule has 24 heavy (non-hydrogen) atoms. The monoisotopic (exact) mass is 352 g/mol. The van der Waals surface area contributed by atoms with E-state index in [0.29, 0.717) is 32.4 Å². The number of carbonyl (C=O) groups is 2. The number of hydrogen-bond acceptors (Lipinski definition) is 3. The summed E-state index contributed by atoms with van der Waals surface area (Å²) in [7, 11) is 0. The lowest BCUT2D eigenvalue weighted by molar-refractivity contribution is -0.174. The van der Waals surface area contributed by atoms with Gasteiger partial charge in [-0.05, 0) is 19.3 Å². The second-order valence-corrected chi connectivity index (χ2v) is 7.13. The van der Waals surface area contributed by atoms with E-state index in [9.17, 15) is 22.8 Å². The van der Waals surface area contributed by atoms with Gasteiger partial charge >= 0.3 is 6.18 Å². The van der Waals surface area contributed by atoms with Crippen molar-refractivity contribution >= 4 is 11.8 Å². The molecule has 0 aromatic carbocycles. The van der Waals surface area contributed by atoms with Gasteiger partial charge in [0.1, 0.15) is 6.61 Å². The standard InChI is InChI=1S/C16H27F3N2O3/c1-15(2,3)14(23)21-8-5-12(6-9-21)13(22)20-7-4-10-24-11-16(17,18)19/h12H,4-11H2,1-3H3,(H,20,22). The highest BCUT2D eigenvalue weighted by atomic mass is 19.4. The lowest BCUT2D eigenvalue weighted by Gasteiger charge is -2.35. The summed E-state index contributed by atoms with van der Waals surface area (Å²) in [5.74, 6) is -0.165. The van der Waals surface area contributed by atoms with E-state index in [2.05, 4.69) is 10.1 Å². The molecule has 1 N–H and O–H groups in total. The molecule has 0 aliphatic carbocycles. The number of nitrogens with one attached hydrogen (secondary N) is 1. The van der Waals surface area contributed by atoms with E-state index in [-0.39, 0.29) is 30.9 Å². The van der Waals surface area contributed by atoms with Crippen molar-refractivity contribution in [2.75, 3.05) is 32.8 Å². The summed E-state index contributed by atoms with van der Waals surface area (Å²) < 4.78 is 40.1. The number of ether oxygens (including phenoxy) is 1. The van der Waals surface area contributed by atoms with Crippen molar-refractivity contribution in [3.63, 3.8) is 0 Å². The Hall–Kier alpha value is -1.31. The SMILES string of the molecule is CC(C)(C)C(=O)N1CCC(C(=O)NCCCOCC(F)(F)F)CC1. The van der Waals surface area contributed by atoms with Crippen LogP contribution in [0.5, 0.6) is 0 Å². The first-order valence-electron chi connectivity index (χ1n) is 8.22. The molecule has 1 saturated heterocycles. The molecule has 2 amide bonds. The summed E-state index contributed by atoms with van der Waals surface area (Å²) in [6, 6.07) is 0. The minimum atomic E-state index is -4.32. The normalized spacial score (nSPS) is 17.0. The predicted molar refractivity (Wildman–Crippen MR) is 83.3 cm³/mol. The number of alkyl halides is 3. The van der Waals surface area contributed by atoms with Crippen molar-refractivity contribution in [2.45, 2.75) is 46.2 Å². The predicted octanol–water partition coefficient (Wildman–Crippen LogP) is 2.36. The van der Waals surface area contributed by atoms with Crippen LogP contribution in [0.2, 0.25) is 0 Å². The van der Waals surface area contributed by atoms with Gasteiger partial charge in [-0.3, -0.25) is 9.59 Å². The van der Waals surface area contributed by atoms with Gasteiger partial charge in [-0.15, -0.1) is 0 Å². The van der Waals surface area contributed by atoms with Crippen LogP contribution in [0.25, 0.3) is 0 Å². The van der Waals surface area contributed by atoms with E-state index in [1.54, 1.807) is 4.90 Å². The number of amides is 2. The second kappa shape index (κ2) is 8.69. The van der Waals surface area contributed by atoms with Crippen molar-refractivity contribution in [1.29, 1.82) is 0 Å². The van der Waals surface area contributed by atoms with E-state index in [1.165, 1.54) is 0 Å². The number of hydrogen-bond donors (Lipinski definition) is 1.